The topological polar surface area (TPSA) is 6.48 Å². The molecule has 1 aliphatic rings. The molecule has 2 rings (SSSR count). The molecular weight excluding hydrogens is 352 g/mol. The largest absolute Gasteiger partial charge is 0.347 e. The lowest BCUT2D eigenvalue weighted by molar-refractivity contribution is 0.225. The van der Waals surface area contributed by atoms with Gasteiger partial charge >= 0.3 is 0 Å². The monoisotopic (exact) mass is 394 g/mol. The van der Waals surface area contributed by atoms with Crippen LogP contribution in [0.2, 0.25) is 0 Å². The minimum atomic E-state index is 0.621. The number of hydrogen-bond acceptors (Lipinski definition) is 2. The van der Waals surface area contributed by atoms with Gasteiger partial charge in [-0.1, -0.05) is 74.4 Å². The van der Waals surface area contributed by atoms with Crippen molar-refractivity contribution in [2.45, 2.75) is 67.0 Å². The van der Waals surface area contributed by atoms with Gasteiger partial charge in [-0.25, -0.2) is 0 Å². The van der Waals surface area contributed by atoms with Gasteiger partial charge < -0.3 is 4.90 Å². The van der Waals surface area contributed by atoms with Gasteiger partial charge in [-0.3, -0.25) is 4.90 Å². The average Bonchev–Trinajstić information content (AvgIpc) is 2.76. The maximum absolute atomic E-state index is 3.63. The lowest BCUT2D eigenvalue weighted by Crippen LogP contribution is -2.36. The SMILES string of the molecule is C/C=C(C)/C=C/N(Cc1ccccc1)C1=CCN(C(C)C)CC1.C=CC(C)CC. The van der Waals surface area contributed by atoms with Gasteiger partial charge in [-0.2, -0.15) is 0 Å². The standard InChI is InChI=1S/C21H30N2.C6H12/c1-5-19(4)11-14-23(17-20-9-7-6-8-10-20)21-12-15-22(16-13-21)18(2)3;1-4-6(3)5-2/h5-12,14,18H,13,15-17H2,1-4H3;4,6H,1,5H2,2-3H3/b14-11+,19-5+;. The summed E-state index contributed by atoms with van der Waals surface area (Å²) in [5, 5.41) is 0. The number of allylic oxidation sites excluding steroid dienone is 4. The molecule has 0 N–H and O–H groups in total. The highest BCUT2D eigenvalue weighted by molar-refractivity contribution is 5.21. The molecule has 1 aromatic carbocycles. The smallest absolute Gasteiger partial charge is 0.0472 e. The van der Waals surface area contributed by atoms with E-state index in [9.17, 15) is 0 Å². The molecule has 0 aromatic heterocycles. The maximum Gasteiger partial charge on any atom is 0.0472 e. The summed E-state index contributed by atoms with van der Waals surface area (Å²) in [5.74, 6) is 0.699. The molecule has 29 heavy (non-hydrogen) atoms. The Kier molecular flexibility index (Phi) is 12.1. The van der Waals surface area contributed by atoms with Gasteiger partial charge in [0.15, 0.2) is 0 Å². The van der Waals surface area contributed by atoms with Gasteiger partial charge in [0.2, 0.25) is 0 Å². The third-order valence-corrected chi connectivity index (χ3v) is 5.53. The van der Waals surface area contributed by atoms with Crippen LogP contribution >= 0.6 is 0 Å². The fourth-order valence-corrected chi connectivity index (χ4v) is 2.90. The Labute approximate surface area is 180 Å². The Morgan fingerprint density at radius 3 is 2.34 bits per heavy atom. The molecule has 1 aromatic rings. The second-order valence-electron chi connectivity index (χ2n) is 8.12. The lowest BCUT2D eigenvalue weighted by Gasteiger charge is -2.33. The summed E-state index contributed by atoms with van der Waals surface area (Å²) in [5.41, 5.74) is 4.08. The van der Waals surface area contributed by atoms with Crippen molar-refractivity contribution < 1.29 is 0 Å². The second kappa shape index (κ2) is 14.0. The molecule has 2 heteroatoms. The van der Waals surface area contributed by atoms with Gasteiger partial charge in [0.25, 0.3) is 0 Å². The van der Waals surface area contributed by atoms with Crippen molar-refractivity contribution in [3.8, 4) is 0 Å². The zero-order valence-corrected chi connectivity index (χ0v) is 19.6. The van der Waals surface area contributed by atoms with Gasteiger partial charge in [0.05, 0.1) is 0 Å². The van der Waals surface area contributed by atoms with Crippen molar-refractivity contribution in [2.24, 2.45) is 5.92 Å². The van der Waals surface area contributed by atoms with Gasteiger partial charge in [0.1, 0.15) is 0 Å². The molecule has 0 fully saturated rings. The van der Waals surface area contributed by atoms with E-state index < -0.39 is 0 Å². The third kappa shape index (κ3) is 9.80. The molecule has 0 bridgehead atoms. The first-order valence-corrected chi connectivity index (χ1v) is 11.1. The van der Waals surface area contributed by atoms with Gasteiger partial charge in [0, 0.05) is 44.0 Å². The average molecular weight is 395 g/mol. The van der Waals surface area contributed by atoms with Crippen molar-refractivity contribution in [1.82, 2.24) is 9.80 Å². The van der Waals surface area contributed by atoms with Gasteiger partial charge in [-0.15, -0.1) is 6.58 Å². The minimum absolute atomic E-state index is 0.621. The molecule has 0 saturated heterocycles. The van der Waals surface area contributed by atoms with Crippen molar-refractivity contribution in [1.29, 1.82) is 0 Å². The van der Waals surface area contributed by atoms with E-state index in [1.807, 2.05) is 6.08 Å². The molecule has 1 atom stereocenters. The number of hydrogen-bond donors (Lipinski definition) is 0. The first-order chi connectivity index (χ1) is 13.9. The van der Waals surface area contributed by atoms with E-state index >= 15 is 0 Å². The van der Waals surface area contributed by atoms with Crippen LogP contribution in [0.5, 0.6) is 0 Å². The summed E-state index contributed by atoms with van der Waals surface area (Å²) in [7, 11) is 0. The zero-order valence-electron chi connectivity index (χ0n) is 19.6. The van der Waals surface area contributed by atoms with Crippen molar-refractivity contribution in [2.75, 3.05) is 13.1 Å². The molecule has 0 aliphatic carbocycles. The molecule has 0 amide bonds. The summed E-state index contributed by atoms with van der Waals surface area (Å²) in [6.45, 7) is 19.9. The Morgan fingerprint density at radius 2 is 1.90 bits per heavy atom. The Balaban J connectivity index is 0.000000612. The van der Waals surface area contributed by atoms with Crippen LogP contribution in [-0.4, -0.2) is 28.9 Å². The Morgan fingerprint density at radius 1 is 1.21 bits per heavy atom. The minimum Gasteiger partial charge on any atom is -0.347 e. The van der Waals surface area contributed by atoms with Gasteiger partial charge in [-0.05, 0) is 45.3 Å². The first-order valence-electron chi connectivity index (χ1n) is 11.1. The molecule has 0 spiro atoms. The van der Waals surface area contributed by atoms with E-state index in [2.05, 4.69) is 113 Å². The number of nitrogens with zero attached hydrogens (tertiary/aromatic N) is 2. The van der Waals surface area contributed by atoms with Crippen molar-refractivity contribution >= 4 is 0 Å². The third-order valence-electron chi connectivity index (χ3n) is 5.53. The molecule has 2 nitrogen and oxygen atoms in total. The summed E-state index contributed by atoms with van der Waals surface area (Å²) in [6.07, 6.45) is 13.3. The van der Waals surface area contributed by atoms with E-state index in [-0.39, 0.29) is 0 Å². The summed E-state index contributed by atoms with van der Waals surface area (Å²) in [4.78, 5) is 4.92. The molecule has 1 aliphatic heterocycles. The highest BCUT2D eigenvalue weighted by Crippen LogP contribution is 2.20. The highest BCUT2D eigenvalue weighted by Gasteiger charge is 2.17. The van der Waals surface area contributed by atoms with E-state index in [0.29, 0.717) is 12.0 Å². The highest BCUT2D eigenvalue weighted by atomic mass is 15.2. The molecule has 0 radical (unpaired) electrons. The van der Waals surface area contributed by atoms with E-state index in [4.69, 9.17) is 0 Å². The van der Waals surface area contributed by atoms with Crippen LogP contribution in [0, 0.1) is 5.92 Å². The maximum atomic E-state index is 3.63. The van der Waals surface area contributed by atoms with Crippen LogP contribution in [0.4, 0.5) is 0 Å². The molecule has 1 heterocycles. The normalized spacial score (nSPS) is 16.2. The van der Waals surface area contributed by atoms with E-state index in [1.54, 1.807) is 0 Å². The van der Waals surface area contributed by atoms with E-state index in [0.717, 1.165) is 26.1 Å². The molecule has 0 saturated carbocycles. The van der Waals surface area contributed by atoms with Crippen LogP contribution in [-0.2, 0) is 6.54 Å². The fraction of sp³-hybridized carbons (Fsp3) is 0.481. The molecule has 160 valence electrons. The van der Waals surface area contributed by atoms with Crippen LogP contribution < -0.4 is 0 Å². The lowest BCUT2D eigenvalue weighted by atomic mass is 10.1. The van der Waals surface area contributed by atoms with Crippen LogP contribution in [0.3, 0.4) is 0 Å². The van der Waals surface area contributed by atoms with Crippen LogP contribution in [0.15, 0.2) is 78.7 Å². The number of benzene rings is 1. The Bertz CT molecular complexity index is 667. The zero-order chi connectivity index (χ0) is 21.6. The quantitative estimate of drug-likeness (QED) is 0.340. The number of rotatable bonds is 8. The summed E-state index contributed by atoms with van der Waals surface area (Å²) >= 11 is 0. The Hall–Kier alpha value is -2.06. The first kappa shape index (κ1) is 25.0. The van der Waals surface area contributed by atoms with Crippen molar-refractivity contribution in [3.63, 3.8) is 0 Å². The molecular formula is C27H42N2. The van der Waals surface area contributed by atoms with E-state index in [1.165, 1.54) is 23.3 Å². The second-order valence-corrected chi connectivity index (χ2v) is 8.12. The molecule has 1 unspecified atom stereocenters. The van der Waals surface area contributed by atoms with Crippen LogP contribution in [0.25, 0.3) is 0 Å². The summed E-state index contributed by atoms with van der Waals surface area (Å²) in [6, 6.07) is 11.3. The van der Waals surface area contributed by atoms with Crippen molar-refractivity contribution in [3.05, 3.63) is 84.2 Å². The summed E-state index contributed by atoms with van der Waals surface area (Å²) < 4.78 is 0. The predicted molar refractivity (Wildman–Crippen MR) is 130 cm³/mol. The fourth-order valence-electron chi connectivity index (χ4n) is 2.90. The van der Waals surface area contributed by atoms with Crippen LogP contribution in [0.1, 0.15) is 59.9 Å². The predicted octanol–water partition coefficient (Wildman–Crippen LogP) is 7.19.